The molecule has 0 aliphatic heterocycles. The SMILES string of the molecule is COc1cccc(S(=O)C2CCCC2CN)c1. The first-order valence-electron chi connectivity index (χ1n) is 6.01. The molecule has 17 heavy (non-hydrogen) atoms. The third-order valence-corrected chi connectivity index (χ3v) is 5.33. The Hall–Kier alpha value is -0.870. The van der Waals surface area contributed by atoms with Gasteiger partial charge in [-0.05, 0) is 43.5 Å². The summed E-state index contributed by atoms with van der Waals surface area (Å²) in [6, 6.07) is 7.53. The van der Waals surface area contributed by atoms with Gasteiger partial charge in [-0.1, -0.05) is 12.5 Å². The van der Waals surface area contributed by atoms with Crippen LogP contribution in [0.15, 0.2) is 29.2 Å². The van der Waals surface area contributed by atoms with Crippen LogP contribution in [-0.2, 0) is 10.8 Å². The summed E-state index contributed by atoms with van der Waals surface area (Å²) in [4.78, 5) is 0.856. The van der Waals surface area contributed by atoms with Crippen LogP contribution >= 0.6 is 0 Å². The normalized spacial score (nSPS) is 25.8. The van der Waals surface area contributed by atoms with Crippen LogP contribution in [0, 0.1) is 5.92 Å². The Balaban J connectivity index is 2.18. The minimum Gasteiger partial charge on any atom is -0.497 e. The fourth-order valence-electron chi connectivity index (χ4n) is 2.46. The minimum absolute atomic E-state index is 0.215. The van der Waals surface area contributed by atoms with Gasteiger partial charge in [0.25, 0.3) is 0 Å². The highest BCUT2D eigenvalue weighted by Crippen LogP contribution is 2.32. The van der Waals surface area contributed by atoms with Crippen molar-refractivity contribution in [3.05, 3.63) is 24.3 Å². The number of methoxy groups -OCH3 is 1. The summed E-state index contributed by atoms with van der Waals surface area (Å²) < 4.78 is 17.6. The van der Waals surface area contributed by atoms with Crippen molar-refractivity contribution < 1.29 is 8.95 Å². The molecule has 1 aliphatic carbocycles. The number of rotatable bonds is 4. The Kier molecular flexibility index (Phi) is 4.18. The van der Waals surface area contributed by atoms with E-state index in [9.17, 15) is 4.21 Å². The van der Waals surface area contributed by atoms with Gasteiger partial charge in [-0.3, -0.25) is 4.21 Å². The lowest BCUT2D eigenvalue weighted by Gasteiger charge is -2.17. The summed E-state index contributed by atoms with van der Waals surface area (Å²) in [5.41, 5.74) is 5.74. The molecule has 1 aliphatic rings. The molecule has 4 heteroatoms. The van der Waals surface area contributed by atoms with Crippen molar-refractivity contribution >= 4 is 10.8 Å². The average Bonchev–Trinajstić information content (AvgIpc) is 2.86. The van der Waals surface area contributed by atoms with Gasteiger partial charge in [0.05, 0.1) is 17.9 Å². The molecular formula is C13H19NO2S. The van der Waals surface area contributed by atoms with Crippen molar-refractivity contribution in [3.8, 4) is 5.75 Å². The molecule has 2 rings (SSSR count). The largest absolute Gasteiger partial charge is 0.497 e. The minimum atomic E-state index is -0.961. The van der Waals surface area contributed by atoms with Crippen LogP contribution in [-0.4, -0.2) is 23.1 Å². The van der Waals surface area contributed by atoms with Gasteiger partial charge in [-0.2, -0.15) is 0 Å². The second kappa shape index (κ2) is 5.65. The van der Waals surface area contributed by atoms with Crippen molar-refractivity contribution in [2.75, 3.05) is 13.7 Å². The Morgan fingerprint density at radius 3 is 3.00 bits per heavy atom. The summed E-state index contributed by atoms with van der Waals surface area (Å²) in [7, 11) is 0.665. The van der Waals surface area contributed by atoms with Gasteiger partial charge < -0.3 is 10.5 Å². The molecule has 1 aromatic rings. The van der Waals surface area contributed by atoms with E-state index in [0.29, 0.717) is 12.5 Å². The first-order valence-corrected chi connectivity index (χ1v) is 7.22. The third-order valence-electron chi connectivity index (χ3n) is 3.44. The maximum absolute atomic E-state index is 12.5. The van der Waals surface area contributed by atoms with Gasteiger partial charge in [0.1, 0.15) is 5.75 Å². The van der Waals surface area contributed by atoms with E-state index < -0.39 is 10.8 Å². The van der Waals surface area contributed by atoms with Crippen molar-refractivity contribution in [3.63, 3.8) is 0 Å². The second-order valence-electron chi connectivity index (χ2n) is 4.44. The van der Waals surface area contributed by atoms with Gasteiger partial charge in [-0.15, -0.1) is 0 Å². The molecule has 0 amide bonds. The first-order chi connectivity index (χ1) is 8.26. The number of ether oxygens (including phenoxy) is 1. The molecule has 0 aromatic heterocycles. The number of hydrogen-bond acceptors (Lipinski definition) is 3. The summed E-state index contributed by atoms with van der Waals surface area (Å²) in [6.45, 7) is 0.639. The maximum Gasteiger partial charge on any atom is 0.120 e. The molecule has 3 nitrogen and oxygen atoms in total. The van der Waals surface area contributed by atoms with E-state index in [-0.39, 0.29) is 5.25 Å². The van der Waals surface area contributed by atoms with Gasteiger partial charge >= 0.3 is 0 Å². The van der Waals surface area contributed by atoms with Crippen LogP contribution in [0.1, 0.15) is 19.3 Å². The van der Waals surface area contributed by atoms with Crippen LogP contribution in [0.25, 0.3) is 0 Å². The van der Waals surface area contributed by atoms with E-state index in [4.69, 9.17) is 10.5 Å². The van der Waals surface area contributed by atoms with Gasteiger partial charge in [0.15, 0.2) is 0 Å². The molecule has 3 atom stereocenters. The fraction of sp³-hybridized carbons (Fsp3) is 0.538. The molecule has 0 heterocycles. The van der Waals surface area contributed by atoms with E-state index >= 15 is 0 Å². The Bertz CT molecular complexity index is 408. The van der Waals surface area contributed by atoms with Gasteiger partial charge in [0.2, 0.25) is 0 Å². The molecule has 0 spiro atoms. The molecule has 1 saturated carbocycles. The van der Waals surface area contributed by atoms with Gasteiger partial charge in [0, 0.05) is 10.1 Å². The maximum atomic E-state index is 12.5. The summed E-state index contributed by atoms with van der Waals surface area (Å²) >= 11 is 0. The average molecular weight is 253 g/mol. The zero-order valence-electron chi connectivity index (χ0n) is 10.1. The quantitative estimate of drug-likeness (QED) is 0.892. The Morgan fingerprint density at radius 1 is 1.47 bits per heavy atom. The fourth-order valence-corrected chi connectivity index (χ4v) is 4.23. The zero-order valence-corrected chi connectivity index (χ0v) is 10.9. The lowest BCUT2D eigenvalue weighted by atomic mass is 10.1. The number of benzene rings is 1. The highest BCUT2D eigenvalue weighted by molar-refractivity contribution is 7.85. The predicted molar refractivity (Wildman–Crippen MR) is 69.6 cm³/mol. The molecular weight excluding hydrogens is 234 g/mol. The van der Waals surface area contributed by atoms with Crippen LogP contribution < -0.4 is 10.5 Å². The third kappa shape index (κ3) is 2.69. The van der Waals surface area contributed by atoms with Crippen LogP contribution in [0.4, 0.5) is 0 Å². The summed E-state index contributed by atoms with van der Waals surface area (Å²) in [6.07, 6.45) is 3.27. The molecule has 0 bridgehead atoms. The first kappa shape index (κ1) is 12.6. The van der Waals surface area contributed by atoms with Crippen molar-refractivity contribution in [1.29, 1.82) is 0 Å². The van der Waals surface area contributed by atoms with E-state index in [1.807, 2.05) is 24.3 Å². The van der Waals surface area contributed by atoms with Crippen LogP contribution in [0.5, 0.6) is 5.75 Å². The van der Waals surface area contributed by atoms with E-state index in [1.165, 1.54) is 0 Å². The zero-order chi connectivity index (χ0) is 12.3. The molecule has 94 valence electrons. The second-order valence-corrected chi connectivity index (χ2v) is 6.11. The summed E-state index contributed by atoms with van der Waals surface area (Å²) in [5.74, 6) is 1.17. The van der Waals surface area contributed by atoms with Crippen molar-refractivity contribution in [2.24, 2.45) is 11.7 Å². The van der Waals surface area contributed by atoms with E-state index in [0.717, 1.165) is 29.9 Å². The van der Waals surface area contributed by atoms with E-state index in [1.54, 1.807) is 7.11 Å². The Morgan fingerprint density at radius 2 is 2.29 bits per heavy atom. The van der Waals surface area contributed by atoms with Crippen LogP contribution in [0.3, 0.4) is 0 Å². The lowest BCUT2D eigenvalue weighted by molar-refractivity contribution is 0.413. The van der Waals surface area contributed by atoms with Crippen molar-refractivity contribution in [2.45, 2.75) is 29.4 Å². The monoisotopic (exact) mass is 253 g/mol. The molecule has 0 saturated heterocycles. The van der Waals surface area contributed by atoms with E-state index in [2.05, 4.69) is 0 Å². The Labute approximate surface area is 105 Å². The molecule has 2 N–H and O–H groups in total. The molecule has 1 fully saturated rings. The highest BCUT2D eigenvalue weighted by Gasteiger charge is 2.31. The highest BCUT2D eigenvalue weighted by atomic mass is 32.2. The predicted octanol–water partition coefficient (Wildman–Crippen LogP) is 1.93. The lowest BCUT2D eigenvalue weighted by Crippen LogP contribution is -2.26. The molecule has 3 unspecified atom stereocenters. The van der Waals surface area contributed by atoms with Crippen molar-refractivity contribution in [1.82, 2.24) is 0 Å². The number of nitrogens with two attached hydrogens (primary N) is 1. The topological polar surface area (TPSA) is 52.3 Å². The summed E-state index contributed by atoms with van der Waals surface area (Å²) in [5, 5.41) is 0.215. The van der Waals surface area contributed by atoms with Gasteiger partial charge in [-0.25, -0.2) is 0 Å². The van der Waals surface area contributed by atoms with Crippen LogP contribution in [0.2, 0.25) is 0 Å². The standard InChI is InChI=1S/C13H19NO2S/c1-16-11-5-3-6-12(8-11)17(15)13-7-2-4-10(13)9-14/h3,5-6,8,10,13H,2,4,7,9,14H2,1H3. The number of hydrogen-bond donors (Lipinski definition) is 1. The molecule has 1 aromatic carbocycles. The molecule has 0 radical (unpaired) electrons. The smallest absolute Gasteiger partial charge is 0.120 e.